The molecule has 0 radical (unpaired) electrons. The van der Waals surface area contributed by atoms with Crippen molar-refractivity contribution in [3.05, 3.63) is 41.1 Å². The molecule has 0 saturated heterocycles. The van der Waals surface area contributed by atoms with Crippen molar-refractivity contribution in [1.82, 2.24) is 4.98 Å². The lowest BCUT2D eigenvalue weighted by Crippen LogP contribution is -1.85. The Bertz CT molecular complexity index is 543. The van der Waals surface area contributed by atoms with Gasteiger partial charge in [-0.2, -0.15) is 0 Å². The van der Waals surface area contributed by atoms with Crippen LogP contribution < -0.4 is 0 Å². The van der Waals surface area contributed by atoms with Crippen LogP contribution in [0.3, 0.4) is 0 Å². The normalized spacial score (nSPS) is 11.3. The zero-order chi connectivity index (χ0) is 10.8. The minimum absolute atomic E-state index is 0.651. The Kier molecular flexibility index (Phi) is 2.47. The van der Waals surface area contributed by atoms with E-state index in [0.717, 1.165) is 22.7 Å². The quantitative estimate of drug-likeness (QED) is 0.766. The number of benzene rings is 1. The number of carbonyl (C=O) groups is 1. The van der Waals surface area contributed by atoms with E-state index in [0.29, 0.717) is 5.02 Å². The average Bonchev–Trinajstić information content (AvgIpc) is 2.56. The Labute approximate surface area is 91.0 Å². The topological polar surface area (TPSA) is 53.1 Å². The second kappa shape index (κ2) is 3.79. The molecule has 0 spiro atoms. The van der Waals surface area contributed by atoms with E-state index in [1.807, 2.05) is 12.1 Å². The van der Waals surface area contributed by atoms with Gasteiger partial charge in [0.15, 0.2) is 0 Å². The van der Waals surface area contributed by atoms with Gasteiger partial charge in [0.2, 0.25) is 0 Å². The van der Waals surface area contributed by atoms with E-state index in [4.69, 9.17) is 16.7 Å². The Morgan fingerprint density at radius 2 is 2.20 bits per heavy atom. The zero-order valence-electron chi connectivity index (χ0n) is 7.70. The molecule has 0 unspecified atom stereocenters. The molecule has 4 heteroatoms. The van der Waals surface area contributed by atoms with E-state index < -0.39 is 5.97 Å². The molecule has 0 aliphatic carbocycles. The van der Waals surface area contributed by atoms with Crippen LogP contribution in [0.5, 0.6) is 0 Å². The van der Waals surface area contributed by atoms with Crippen molar-refractivity contribution in [2.45, 2.75) is 0 Å². The lowest BCUT2D eigenvalue weighted by molar-refractivity contribution is -0.131. The summed E-state index contributed by atoms with van der Waals surface area (Å²) in [6.45, 7) is 0. The fraction of sp³-hybridized carbons (Fsp3) is 0. The van der Waals surface area contributed by atoms with Gasteiger partial charge in [-0.15, -0.1) is 0 Å². The molecule has 2 aromatic rings. The molecule has 0 saturated carbocycles. The smallest absolute Gasteiger partial charge is 0.328 e. The summed E-state index contributed by atoms with van der Waals surface area (Å²) < 4.78 is 0. The fourth-order valence-electron chi connectivity index (χ4n) is 1.37. The summed E-state index contributed by atoms with van der Waals surface area (Å²) in [6, 6.07) is 7.34. The maximum atomic E-state index is 10.3. The number of fused-ring (bicyclic) bond motifs is 1. The number of hydrogen-bond acceptors (Lipinski definition) is 1. The van der Waals surface area contributed by atoms with E-state index in [1.54, 1.807) is 12.1 Å². The molecule has 2 N–H and O–H groups in total. The largest absolute Gasteiger partial charge is 0.478 e. The number of aromatic nitrogens is 1. The summed E-state index contributed by atoms with van der Waals surface area (Å²) in [4.78, 5) is 13.4. The SMILES string of the molecule is O=C(O)/C=C/c1cc2ccc(Cl)cc2[nH]1. The molecule has 0 fully saturated rings. The second-order valence-electron chi connectivity index (χ2n) is 3.13. The third-order valence-corrected chi connectivity index (χ3v) is 2.25. The standard InChI is InChI=1S/C11H8ClNO2/c12-8-2-1-7-5-9(3-4-11(14)15)13-10(7)6-8/h1-6,13H,(H,14,15)/b4-3+. The van der Waals surface area contributed by atoms with Crippen LogP contribution >= 0.6 is 11.6 Å². The van der Waals surface area contributed by atoms with Gasteiger partial charge in [-0.25, -0.2) is 4.79 Å². The second-order valence-corrected chi connectivity index (χ2v) is 3.56. The van der Waals surface area contributed by atoms with Crippen LogP contribution in [0.2, 0.25) is 5.02 Å². The molecule has 0 bridgehead atoms. The van der Waals surface area contributed by atoms with Crippen molar-refractivity contribution in [2.24, 2.45) is 0 Å². The monoisotopic (exact) mass is 221 g/mol. The van der Waals surface area contributed by atoms with Crippen LogP contribution in [0.1, 0.15) is 5.69 Å². The molecule has 15 heavy (non-hydrogen) atoms. The number of rotatable bonds is 2. The zero-order valence-corrected chi connectivity index (χ0v) is 8.45. The van der Waals surface area contributed by atoms with Gasteiger partial charge in [-0.3, -0.25) is 0 Å². The van der Waals surface area contributed by atoms with Crippen LogP contribution in [-0.2, 0) is 4.79 Å². The first kappa shape index (κ1) is 9.80. The van der Waals surface area contributed by atoms with Gasteiger partial charge in [0, 0.05) is 27.7 Å². The van der Waals surface area contributed by atoms with Gasteiger partial charge in [0.05, 0.1) is 0 Å². The molecule has 0 aliphatic heterocycles. The molecule has 0 aliphatic rings. The molecule has 0 amide bonds. The highest BCUT2D eigenvalue weighted by Gasteiger charge is 1.99. The predicted octanol–water partition coefficient (Wildman–Crippen LogP) is 2.92. The molecular formula is C11H8ClNO2. The Balaban J connectivity index is 2.43. The number of carboxylic acids is 1. The number of aromatic amines is 1. The van der Waals surface area contributed by atoms with Crippen LogP contribution in [0.15, 0.2) is 30.3 Å². The minimum Gasteiger partial charge on any atom is -0.478 e. The van der Waals surface area contributed by atoms with Gasteiger partial charge in [-0.05, 0) is 24.3 Å². The highest BCUT2D eigenvalue weighted by atomic mass is 35.5. The van der Waals surface area contributed by atoms with E-state index in [1.165, 1.54) is 6.08 Å². The summed E-state index contributed by atoms with van der Waals surface area (Å²) in [5, 5.41) is 10.1. The number of nitrogens with one attached hydrogen (secondary N) is 1. The molecule has 1 aromatic heterocycles. The first-order chi connectivity index (χ1) is 7.15. The molecule has 1 aromatic carbocycles. The fourth-order valence-corrected chi connectivity index (χ4v) is 1.54. The maximum absolute atomic E-state index is 10.3. The van der Waals surface area contributed by atoms with Crippen LogP contribution in [0.25, 0.3) is 17.0 Å². The molecule has 76 valence electrons. The molecule has 0 atom stereocenters. The number of halogens is 1. The molecule has 2 rings (SSSR count). The number of aliphatic carboxylic acids is 1. The summed E-state index contributed by atoms with van der Waals surface area (Å²) in [6.07, 6.45) is 2.60. The van der Waals surface area contributed by atoms with Crippen molar-refractivity contribution in [1.29, 1.82) is 0 Å². The summed E-state index contributed by atoms with van der Waals surface area (Å²) in [7, 11) is 0. The first-order valence-corrected chi connectivity index (χ1v) is 4.72. The van der Waals surface area contributed by atoms with E-state index in [9.17, 15) is 4.79 Å². The third-order valence-electron chi connectivity index (χ3n) is 2.01. The van der Waals surface area contributed by atoms with Crippen LogP contribution in [0.4, 0.5) is 0 Å². The van der Waals surface area contributed by atoms with Crippen molar-refractivity contribution < 1.29 is 9.90 Å². The molecular weight excluding hydrogens is 214 g/mol. The van der Waals surface area contributed by atoms with Gasteiger partial charge >= 0.3 is 5.97 Å². The van der Waals surface area contributed by atoms with Crippen molar-refractivity contribution in [3.63, 3.8) is 0 Å². The van der Waals surface area contributed by atoms with Gasteiger partial charge in [-0.1, -0.05) is 17.7 Å². The van der Waals surface area contributed by atoms with Gasteiger partial charge < -0.3 is 10.1 Å². The van der Waals surface area contributed by atoms with Gasteiger partial charge in [0.25, 0.3) is 0 Å². The van der Waals surface area contributed by atoms with E-state index in [-0.39, 0.29) is 0 Å². The maximum Gasteiger partial charge on any atom is 0.328 e. The van der Waals surface area contributed by atoms with Crippen LogP contribution in [0, 0.1) is 0 Å². The highest BCUT2D eigenvalue weighted by molar-refractivity contribution is 6.31. The van der Waals surface area contributed by atoms with Gasteiger partial charge in [0.1, 0.15) is 0 Å². The minimum atomic E-state index is -0.966. The lowest BCUT2D eigenvalue weighted by atomic mass is 10.2. The first-order valence-electron chi connectivity index (χ1n) is 4.34. The molecule has 1 heterocycles. The van der Waals surface area contributed by atoms with E-state index >= 15 is 0 Å². The van der Waals surface area contributed by atoms with Crippen molar-refractivity contribution in [3.8, 4) is 0 Å². The Hall–Kier alpha value is -1.74. The van der Waals surface area contributed by atoms with Crippen molar-refractivity contribution >= 4 is 34.5 Å². The summed E-state index contributed by atoms with van der Waals surface area (Å²) >= 11 is 5.82. The summed E-state index contributed by atoms with van der Waals surface area (Å²) in [5.41, 5.74) is 1.64. The average molecular weight is 222 g/mol. The Morgan fingerprint density at radius 1 is 1.40 bits per heavy atom. The highest BCUT2D eigenvalue weighted by Crippen LogP contribution is 2.20. The van der Waals surface area contributed by atoms with Crippen LogP contribution in [-0.4, -0.2) is 16.1 Å². The number of H-pyrrole nitrogens is 1. The molecule has 3 nitrogen and oxygen atoms in total. The lowest BCUT2D eigenvalue weighted by Gasteiger charge is -1.89. The number of carboxylic acid groups (broad SMARTS) is 1. The number of hydrogen-bond donors (Lipinski definition) is 2. The summed E-state index contributed by atoms with van der Waals surface area (Å²) in [5.74, 6) is -0.966. The predicted molar refractivity (Wildman–Crippen MR) is 60.0 cm³/mol. The van der Waals surface area contributed by atoms with E-state index in [2.05, 4.69) is 4.98 Å². The Morgan fingerprint density at radius 3 is 2.93 bits per heavy atom. The third kappa shape index (κ3) is 2.19. The van der Waals surface area contributed by atoms with Crippen molar-refractivity contribution in [2.75, 3.05) is 0 Å².